The van der Waals surface area contributed by atoms with E-state index in [4.69, 9.17) is 0 Å². The van der Waals surface area contributed by atoms with Crippen LogP contribution in [-0.4, -0.2) is 6.01 Å². The Morgan fingerprint density at radius 2 is 1.59 bits per heavy atom. The van der Waals surface area contributed by atoms with Crippen molar-refractivity contribution in [1.82, 2.24) is 0 Å². The molecule has 0 atom stereocenters. The van der Waals surface area contributed by atoms with Gasteiger partial charge in [-0.25, -0.2) is 4.99 Å². The van der Waals surface area contributed by atoms with Crippen molar-refractivity contribution in [2.45, 2.75) is 27.3 Å². The molecule has 110 valence electrons. The monoisotopic (exact) mass is 288 g/mol. The Bertz CT molecular complexity index is 735. The van der Waals surface area contributed by atoms with E-state index in [1.165, 1.54) is 0 Å². The fraction of sp³-hybridized carbons (Fsp3) is 0.250. The van der Waals surface area contributed by atoms with E-state index in [2.05, 4.69) is 48.6 Å². The minimum Gasteiger partial charge on any atom is -0.220 e. The summed E-state index contributed by atoms with van der Waals surface area (Å²) in [5.41, 5.74) is 2.95. The van der Waals surface area contributed by atoms with Crippen molar-refractivity contribution in [3.05, 3.63) is 65.7 Å². The maximum Gasteiger partial charge on any atom is 0.0952 e. The van der Waals surface area contributed by atoms with Gasteiger partial charge in [0.2, 0.25) is 0 Å². The summed E-state index contributed by atoms with van der Waals surface area (Å²) in [7, 11) is 0. The van der Waals surface area contributed by atoms with Gasteiger partial charge in [0.25, 0.3) is 0 Å². The average molecular weight is 288 g/mol. The number of benzene rings is 2. The lowest BCUT2D eigenvalue weighted by Crippen LogP contribution is -1.99. The van der Waals surface area contributed by atoms with E-state index in [1.807, 2.05) is 54.6 Å². The Balaban J connectivity index is 2.13. The second-order valence-electron chi connectivity index (χ2n) is 6.02. The quantitative estimate of drug-likeness (QED) is 0.555. The molecular weight excluding hydrogens is 268 g/mol. The van der Waals surface area contributed by atoms with Gasteiger partial charge in [-0.2, -0.15) is 4.99 Å². The molecule has 0 heterocycles. The van der Waals surface area contributed by atoms with Crippen molar-refractivity contribution in [2.24, 2.45) is 15.4 Å². The highest BCUT2D eigenvalue weighted by atomic mass is 14.8. The van der Waals surface area contributed by atoms with E-state index in [0.29, 0.717) is 6.54 Å². The van der Waals surface area contributed by atoms with Crippen LogP contribution in [0.4, 0.5) is 5.69 Å². The molecule has 0 saturated heterocycles. The molecule has 2 aromatic carbocycles. The normalized spacial score (nSPS) is 10.1. The summed E-state index contributed by atoms with van der Waals surface area (Å²) in [5, 5.41) is 0. The van der Waals surface area contributed by atoms with Crippen LogP contribution in [0.5, 0.6) is 0 Å². The Kier molecular flexibility index (Phi) is 5.31. The zero-order valence-corrected chi connectivity index (χ0v) is 13.3. The van der Waals surface area contributed by atoms with Crippen molar-refractivity contribution >= 4 is 11.7 Å². The van der Waals surface area contributed by atoms with Crippen molar-refractivity contribution < 1.29 is 0 Å². The lowest BCUT2D eigenvalue weighted by Gasteiger charge is -2.07. The summed E-state index contributed by atoms with van der Waals surface area (Å²) in [6.07, 6.45) is 0. The first kappa shape index (κ1) is 15.8. The van der Waals surface area contributed by atoms with E-state index >= 15 is 0 Å². The van der Waals surface area contributed by atoms with E-state index in [0.717, 1.165) is 16.8 Å². The molecule has 2 nitrogen and oxygen atoms in total. The molecule has 0 N–H and O–H groups in total. The molecule has 0 aliphatic rings. The van der Waals surface area contributed by atoms with Crippen molar-refractivity contribution in [2.75, 3.05) is 0 Å². The number of nitrogens with zero attached hydrogens (tertiary/aromatic N) is 2. The number of rotatable bonds is 3. The van der Waals surface area contributed by atoms with Gasteiger partial charge in [-0.3, -0.25) is 0 Å². The minimum absolute atomic E-state index is 0.00878. The third kappa shape index (κ3) is 5.40. The first-order valence-electron chi connectivity index (χ1n) is 7.33. The molecule has 2 heteroatoms. The Morgan fingerprint density at radius 1 is 0.909 bits per heavy atom. The zero-order chi connectivity index (χ0) is 15.8. The summed E-state index contributed by atoms with van der Waals surface area (Å²) >= 11 is 0. The van der Waals surface area contributed by atoms with Crippen LogP contribution < -0.4 is 0 Å². The molecule has 2 rings (SSSR count). The summed E-state index contributed by atoms with van der Waals surface area (Å²) in [6, 6.07) is 20.5. The Morgan fingerprint density at radius 3 is 2.32 bits per heavy atom. The highest BCUT2D eigenvalue weighted by Crippen LogP contribution is 2.13. The lowest BCUT2D eigenvalue weighted by atomic mass is 9.97. The van der Waals surface area contributed by atoms with Crippen LogP contribution in [0, 0.1) is 17.3 Å². The van der Waals surface area contributed by atoms with Crippen molar-refractivity contribution in [1.29, 1.82) is 0 Å². The van der Waals surface area contributed by atoms with E-state index in [-0.39, 0.29) is 5.41 Å². The van der Waals surface area contributed by atoms with Crippen LogP contribution in [0.2, 0.25) is 0 Å². The highest BCUT2D eigenvalue weighted by Gasteiger charge is 2.04. The van der Waals surface area contributed by atoms with E-state index in [1.54, 1.807) is 0 Å². The molecule has 0 spiro atoms. The van der Waals surface area contributed by atoms with Gasteiger partial charge in [-0.05, 0) is 44.5 Å². The number of hydrogen-bond donors (Lipinski definition) is 0. The molecule has 0 aliphatic carbocycles. The summed E-state index contributed by atoms with van der Waals surface area (Å²) in [5.74, 6) is 6.50. The van der Waals surface area contributed by atoms with Gasteiger partial charge < -0.3 is 0 Å². The third-order valence-corrected chi connectivity index (χ3v) is 2.84. The fourth-order valence-electron chi connectivity index (χ4n) is 1.75. The van der Waals surface area contributed by atoms with Gasteiger partial charge in [-0.15, -0.1) is 0 Å². The molecule has 0 amide bonds. The molecule has 0 aliphatic heterocycles. The Hall–Kier alpha value is -2.62. The van der Waals surface area contributed by atoms with Crippen molar-refractivity contribution in [3.8, 4) is 11.8 Å². The van der Waals surface area contributed by atoms with Gasteiger partial charge >= 0.3 is 0 Å². The maximum absolute atomic E-state index is 4.26. The molecule has 22 heavy (non-hydrogen) atoms. The second kappa shape index (κ2) is 7.41. The van der Waals surface area contributed by atoms with Crippen LogP contribution in [0.25, 0.3) is 0 Å². The number of para-hydroxylation sites is 1. The second-order valence-corrected chi connectivity index (χ2v) is 6.02. The number of aliphatic imine (C=N–C) groups is 2. The summed E-state index contributed by atoms with van der Waals surface area (Å²) in [6.45, 7) is 6.85. The topological polar surface area (TPSA) is 24.7 Å². The Labute approximate surface area is 132 Å². The van der Waals surface area contributed by atoms with Gasteiger partial charge in [0, 0.05) is 11.0 Å². The molecule has 0 unspecified atom stereocenters. The van der Waals surface area contributed by atoms with Crippen LogP contribution >= 0.6 is 0 Å². The average Bonchev–Trinajstić information content (AvgIpc) is 2.51. The van der Waals surface area contributed by atoms with E-state index in [9.17, 15) is 0 Å². The smallest absolute Gasteiger partial charge is 0.0952 e. The molecule has 0 fully saturated rings. The molecular formula is C20H20N2. The summed E-state index contributed by atoms with van der Waals surface area (Å²) < 4.78 is 0. The fourth-order valence-corrected chi connectivity index (χ4v) is 1.75. The molecule has 0 aromatic heterocycles. The van der Waals surface area contributed by atoms with Crippen LogP contribution in [-0.2, 0) is 6.54 Å². The zero-order valence-electron chi connectivity index (χ0n) is 13.3. The van der Waals surface area contributed by atoms with Crippen molar-refractivity contribution in [3.63, 3.8) is 0 Å². The van der Waals surface area contributed by atoms with Crippen LogP contribution in [0.1, 0.15) is 31.9 Å². The largest absolute Gasteiger partial charge is 0.220 e. The predicted molar refractivity (Wildman–Crippen MR) is 92.4 cm³/mol. The van der Waals surface area contributed by atoms with Gasteiger partial charge in [0.1, 0.15) is 0 Å². The standard InChI is InChI=1S/C20H20N2/c1-20(2,3)14-13-17-9-7-8-10-18(17)15-21-16-22-19-11-5-4-6-12-19/h4-12H,15H2,1-3H3. The van der Waals surface area contributed by atoms with Crippen LogP contribution in [0.15, 0.2) is 64.6 Å². The third-order valence-electron chi connectivity index (χ3n) is 2.84. The van der Waals surface area contributed by atoms with Gasteiger partial charge in [0.15, 0.2) is 0 Å². The van der Waals surface area contributed by atoms with Gasteiger partial charge in [-0.1, -0.05) is 48.2 Å². The maximum atomic E-state index is 4.26. The first-order chi connectivity index (χ1) is 10.5. The first-order valence-corrected chi connectivity index (χ1v) is 7.33. The van der Waals surface area contributed by atoms with Crippen LogP contribution in [0.3, 0.4) is 0 Å². The summed E-state index contributed by atoms with van der Waals surface area (Å²) in [4.78, 5) is 8.44. The SMILES string of the molecule is CC(C)(C)C#Cc1ccccc1CN=C=Nc1ccccc1. The van der Waals surface area contributed by atoms with Gasteiger partial charge in [0.05, 0.1) is 18.2 Å². The molecule has 0 bridgehead atoms. The number of hydrogen-bond acceptors (Lipinski definition) is 2. The van der Waals surface area contributed by atoms with E-state index < -0.39 is 0 Å². The minimum atomic E-state index is -0.00878. The highest BCUT2D eigenvalue weighted by molar-refractivity contribution is 5.52. The lowest BCUT2D eigenvalue weighted by molar-refractivity contribution is 0.571. The molecule has 2 aromatic rings. The molecule has 0 saturated carbocycles. The predicted octanol–water partition coefficient (Wildman–Crippen LogP) is 5.09. The molecule has 0 radical (unpaired) electrons.